The van der Waals surface area contributed by atoms with E-state index in [0.29, 0.717) is 11.9 Å². The normalized spacial score (nSPS) is 9.62. The summed E-state index contributed by atoms with van der Waals surface area (Å²) in [4.78, 5) is 14.7. The summed E-state index contributed by atoms with van der Waals surface area (Å²) < 4.78 is 0. The van der Waals surface area contributed by atoms with Crippen molar-refractivity contribution in [2.75, 3.05) is 11.9 Å². The van der Waals surface area contributed by atoms with Gasteiger partial charge in [-0.15, -0.1) is 0 Å². The summed E-state index contributed by atoms with van der Waals surface area (Å²) in [6.45, 7) is 0.675. The summed E-state index contributed by atoms with van der Waals surface area (Å²) in [6, 6.07) is 3.89. The molecule has 0 aliphatic heterocycles. The molecule has 0 saturated carbocycles. The van der Waals surface area contributed by atoms with Gasteiger partial charge in [0.2, 0.25) is 5.91 Å². The Hall–Kier alpha value is -0.900. The fourth-order valence-electron chi connectivity index (χ4n) is 0.943. The molecule has 4 heteroatoms. The number of amides is 1. The zero-order valence-electron chi connectivity index (χ0n) is 7.16. The maximum absolute atomic E-state index is 10.8. The molecule has 0 unspecified atom stereocenters. The Balaban J connectivity index is 2.24. The Labute approximate surface area is 85.7 Å². The number of nitrogens with one attached hydrogen (secondary N) is 1. The van der Waals surface area contributed by atoms with Crippen LogP contribution in [0.4, 0.5) is 0 Å². The van der Waals surface area contributed by atoms with E-state index in [1.807, 2.05) is 12.1 Å². The van der Waals surface area contributed by atoms with Crippen molar-refractivity contribution < 1.29 is 4.79 Å². The number of aromatic nitrogens is 1. The topological polar surface area (TPSA) is 42.0 Å². The quantitative estimate of drug-likeness (QED) is 0.805. The SMILES string of the molecule is O=C(CBr)NCCc1ccncc1. The molecule has 0 fully saturated rings. The standard InChI is InChI=1S/C9H11BrN2O/c10-7-9(13)12-6-3-8-1-4-11-5-2-8/h1-2,4-5H,3,6-7H2,(H,12,13). The number of nitrogens with zero attached hydrogens (tertiary/aromatic N) is 1. The van der Waals surface area contributed by atoms with Crippen LogP contribution in [0.1, 0.15) is 5.56 Å². The van der Waals surface area contributed by atoms with Crippen molar-refractivity contribution in [2.24, 2.45) is 0 Å². The summed E-state index contributed by atoms with van der Waals surface area (Å²) in [5.41, 5.74) is 1.19. The van der Waals surface area contributed by atoms with Gasteiger partial charge in [0.1, 0.15) is 0 Å². The molecule has 3 nitrogen and oxygen atoms in total. The van der Waals surface area contributed by atoms with E-state index in [4.69, 9.17) is 0 Å². The Morgan fingerprint density at radius 2 is 2.15 bits per heavy atom. The minimum atomic E-state index is 0.0223. The van der Waals surface area contributed by atoms with E-state index in [2.05, 4.69) is 26.2 Å². The fourth-order valence-corrected chi connectivity index (χ4v) is 1.14. The first-order chi connectivity index (χ1) is 6.33. The van der Waals surface area contributed by atoms with Crippen LogP contribution < -0.4 is 5.32 Å². The molecule has 0 aliphatic carbocycles. The summed E-state index contributed by atoms with van der Waals surface area (Å²) in [5, 5.41) is 3.14. The Morgan fingerprint density at radius 3 is 2.77 bits per heavy atom. The van der Waals surface area contributed by atoms with Gasteiger partial charge in [0.05, 0.1) is 5.33 Å². The molecule has 0 saturated heterocycles. The smallest absolute Gasteiger partial charge is 0.230 e. The summed E-state index contributed by atoms with van der Waals surface area (Å²) in [7, 11) is 0. The average molecular weight is 243 g/mol. The highest BCUT2D eigenvalue weighted by atomic mass is 79.9. The zero-order valence-corrected chi connectivity index (χ0v) is 8.75. The first-order valence-electron chi connectivity index (χ1n) is 4.04. The highest BCUT2D eigenvalue weighted by Crippen LogP contribution is 1.95. The lowest BCUT2D eigenvalue weighted by molar-refractivity contribution is -0.118. The van der Waals surface area contributed by atoms with Gasteiger partial charge < -0.3 is 5.32 Å². The van der Waals surface area contributed by atoms with Crippen molar-refractivity contribution in [1.29, 1.82) is 0 Å². The minimum absolute atomic E-state index is 0.0223. The van der Waals surface area contributed by atoms with Crippen LogP contribution in [0, 0.1) is 0 Å². The lowest BCUT2D eigenvalue weighted by Gasteiger charge is -2.02. The predicted octanol–water partition coefficient (Wildman–Crippen LogP) is 1.14. The molecule has 0 aromatic carbocycles. The molecular formula is C9H11BrN2O. The number of pyridine rings is 1. The van der Waals surface area contributed by atoms with Crippen LogP contribution in [0.25, 0.3) is 0 Å². The van der Waals surface area contributed by atoms with Gasteiger partial charge in [-0.1, -0.05) is 15.9 Å². The maximum Gasteiger partial charge on any atom is 0.230 e. The number of hydrogen-bond donors (Lipinski definition) is 1. The van der Waals surface area contributed by atoms with Gasteiger partial charge in [0.15, 0.2) is 0 Å². The van der Waals surface area contributed by atoms with E-state index in [9.17, 15) is 4.79 Å². The van der Waals surface area contributed by atoms with Crippen LogP contribution in [0.2, 0.25) is 0 Å². The van der Waals surface area contributed by atoms with E-state index in [0.717, 1.165) is 6.42 Å². The third kappa shape index (κ3) is 4.03. The van der Waals surface area contributed by atoms with Gasteiger partial charge in [0, 0.05) is 18.9 Å². The molecule has 13 heavy (non-hydrogen) atoms. The number of rotatable bonds is 4. The summed E-state index contributed by atoms with van der Waals surface area (Å²) in [6.07, 6.45) is 4.35. The molecular weight excluding hydrogens is 232 g/mol. The van der Waals surface area contributed by atoms with Crippen molar-refractivity contribution in [3.63, 3.8) is 0 Å². The van der Waals surface area contributed by atoms with Gasteiger partial charge in [-0.25, -0.2) is 0 Å². The number of carbonyl (C=O) groups is 1. The van der Waals surface area contributed by atoms with Crippen LogP contribution in [-0.4, -0.2) is 22.8 Å². The Kier molecular flexibility index (Phi) is 4.46. The average Bonchev–Trinajstić information content (AvgIpc) is 2.19. The molecule has 70 valence electrons. The van der Waals surface area contributed by atoms with Crippen LogP contribution in [0.5, 0.6) is 0 Å². The largest absolute Gasteiger partial charge is 0.355 e. The van der Waals surface area contributed by atoms with Crippen molar-refractivity contribution in [2.45, 2.75) is 6.42 Å². The maximum atomic E-state index is 10.8. The van der Waals surface area contributed by atoms with Crippen molar-refractivity contribution in [3.8, 4) is 0 Å². The second kappa shape index (κ2) is 5.70. The molecule has 0 aliphatic rings. The number of carbonyl (C=O) groups excluding carboxylic acids is 1. The van der Waals surface area contributed by atoms with Gasteiger partial charge in [-0.2, -0.15) is 0 Å². The predicted molar refractivity (Wildman–Crippen MR) is 54.7 cm³/mol. The minimum Gasteiger partial charge on any atom is -0.355 e. The van der Waals surface area contributed by atoms with Gasteiger partial charge in [-0.05, 0) is 24.1 Å². The van der Waals surface area contributed by atoms with Crippen LogP contribution in [0.3, 0.4) is 0 Å². The fraction of sp³-hybridized carbons (Fsp3) is 0.333. The van der Waals surface area contributed by atoms with E-state index < -0.39 is 0 Å². The van der Waals surface area contributed by atoms with Gasteiger partial charge >= 0.3 is 0 Å². The van der Waals surface area contributed by atoms with Gasteiger partial charge in [0.25, 0.3) is 0 Å². The van der Waals surface area contributed by atoms with Crippen molar-refractivity contribution in [1.82, 2.24) is 10.3 Å². The van der Waals surface area contributed by atoms with E-state index in [1.54, 1.807) is 12.4 Å². The number of halogens is 1. The molecule has 1 N–H and O–H groups in total. The molecule has 1 aromatic heterocycles. The lowest BCUT2D eigenvalue weighted by Crippen LogP contribution is -2.26. The second-order valence-electron chi connectivity index (χ2n) is 2.59. The molecule has 1 amide bonds. The number of alkyl halides is 1. The Bertz CT molecular complexity index is 264. The van der Waals surface area contributed by atoms with Crippen LogP contribution >= 0.6 is 15.9 Å². The molecule has 1 aromatic rings. The van der Waals surface area contributed by atoms with Crippen LogP contribution in [0.15, 0.2) is 24.5 Å². The van der Waals surface area contributed by atoms with Crippen molar-refractivity contribution in [3.05, 3.63) is 30.1 Å². The third-order valence-electron chi connectivity index (χ3n) is 1.61. The Morgan fingerprint density at radius 1 is 1.46 bits per heavy atom. The lowest BCUT2D eigenvalue weighted by atomic mass is 10.2. The first-order valence-corrected chi connectivity index (χ1v) is 5.16. The summed E-state index contributed by atoms with van der Waals surface area (Å²) in [5.74, 6) is 0.0223. The second-order valence-corrected chi connectivity index (χ2v) is 3.15. The summed E-state index contributed by atoms with van der Waals surface area (Å²) >= 11 is 3.08. The highest BCUT2D eigenvalue weighted by Gasteiger charge is 1.96. The molecule has 0 atom stereocenters. The van der Waals surface area contributed by atoms with E-state index in [1.165, 1.54) is 5.56 Å². The van der Waals surface area contributed by atoms with Crippen LogP contribution in [-0.2, 0) is 11.2 Å². The van der Waals surface area contributed by atoms with E-state index in [-0.39, 0.29) is 5.91 Å². The number of hydrogen-bond acceptors (Lipinski definition) is 2. The third-order valence-corrected chi connectivity index (χ3v) is 2.12. The molecule has 0 bridgehead atoms. The van der Waals surface area contributed by atoms with Crippen molar-refractivity contribution >= 4 is 21.8 Å². The first kappa shape index (κ1) is 10.2. The monoisotopic (exact) mass is 242 g/mol. The molecule has 0 radical (unpaired) electrons. The van der Waals surface area contributed by atoms with E-state index >= 15 is 0 Å². The van der Waals surface area contributed by atoms with Gasteiger partial charge in [-0.3, -0.25) is 9.78 Å². The molecule has 0 spiro atoms. The zero-order chi connectivity index (χ0) is 9.52. The highest BCUT2D eigenvalue weighted by molar-refractivity contribution is 9.09. The molecule has 1 rings (SSSR count). The molecule has 1 heterocycles.